The minimum Gasteiger partial charge on any atom is -0.145 e. The third kappa shape index (κ3) is 2.41. The molecule has 1 aromatic carbocycles. The van der Waals surface area contributed by atoms with Crippen LogP contribution in [0.3, 0.4) is 0 Å². The maximum atomic E-state index is 6.38. The Bertz CT molecular complexity index is 510. The average molecular weight is 356 g/mol. The molecule has 0 fully saturated rings. The first-order chi connectivity index (χ1) is 7.61. The van der Waals surface area contributed by atoms with E-state index < -0.39 is 0 Å². The summed E-state index contributed by atoms with van der Waals surface area (Å²) in [5.74, 6) is 0. The molecule has 84 valence electrons. The van der Waals surface area contributed by atoms with Crippen molar-refractivity contribution in [2.24, 2.45) is 0 Å². The van der Waals surface area contributed by atoms with Crippen molar-refractivity contribution in [3.8, 4) is 0 Å². The first kappa shape index (κ1) is 12.7. The minimum absolute atomic E-state index is 0.308. The molecule has 16 heavy (non-hydrogen) atoms. The molecule has 0 amide bonds. The molecule has 0 spiro atoms. The Kier molecular flexibility index (Phi) is 4.20. The van der Waals surface area contributed by atoms with Crippen LogP contribution in [0.25, 0.3) is 0 Å². The lowest BCUT2D eigenvalue weighted by atomic mass is 10.1. The second-order valence-corrected chi connectivity index (χ2v) is 6.16. The van der Waals surface area contributed by atoms with E-state index in [4.69, 9.17) is 34.8 Å². The van der Waals surface area contributed by atoms with Crippen LogP contribution >= 0.6 is 62.1 Å². The highest BCUT2D eigenvalue weighted by Crippen LogP contribution is 2.41. The predicted octanol–water partition coefficient (Wildman–Crippen LogP) is 6.15. The molecule has 5 heteroatoms. The molecule has 0 radical (unpaired) electrons. The predicted molar refractivity (Wildman–Crippen MR) is 76.2 cm³/mol. The van der Waals surface area contributed by atoms with Gasteiger partial charge in [0.1, 0.15) is 0 Å². The molecule has 2 rings (SSSR count). The van der Waals surface area contributed by atoms with Crippen LogP contribution in [-0.4, -0.2) is 0 Å². The quantitative estimate of drug-likeness (QED) is 0.567. The fourth-order valence-electron chi connectivity index (χ4n) is 1.34. The Balaban J connectivity index is 2.46. The monoisotopic (exact) mass is 354 g/mol. The molecule has 1 atom stereocenters. The summed E-state index contributed by atoms with van der Waals surface area (Å²) >= 11 is 23.5. The summed E-state index contributed by atoms with van der Waals surface area (Å²) in [4.78, 5) is 0.920. The van der Waals surface area contributed by atoms with Crippen LogP contribution in [-0.2, 0) is 0 Å². The van der Waals surface area contributed by atoms with Crippen LogP contribution in [0.15, 0.2) is 34.1 Å². The van der Waals surface area contributed by atoms with Crippen LogP contribution in [0.1, 0.15) is 15.8 Å². The average Bonchev–Trinajstić information content (AvgIpc) is 2.68. The van der Waals surface area contributed by atoms with Gasteiger partial charge in [-0.3, -0.25) is 0 Å². The lowest BCUT2D eigenvalue weighted by molar-refractivity contribution is 1.18. The Morgan fingerprint density at radius 2 is 1.94 bits per heavy atom. The van der Waals surface area contributed by atoms with E-state index in [0.29, 0.717) is 10.0 Å². The molecule has 0 aliphatic heterocycles. The fraction of sp³-hybridized carbons (Fsp3) is 0.0909. The van der Waals surface area contributed by atoms with Gasteiger partial charge >= 0.3 is 0 Å². The molecule has 0 nitrogen and oxygen atoms in total. The fourth-order valence-corrected chi connectivity index (χ4v) is 3.68. The van der Waals surface area contributed by atoms with E-state index in [0.717, 1.165) is 14.9 Å². The third-order valence-corrected chi connectivity index (χ3v) is 5.45. The number of halogens is 4. The van der Waals surface area contributed by atoms with E-state index in [1.165, 1.54) is 11.3 Å². The number of rotatable bonds is 2. The van der Waals surface area contributed by atoms with Crippen LogP contribution in [0, 0.1) is 0 Å². The maximum Gasteiger partial charge on any atom is 0.0957 e. The van der Waals surface area contributed by atoms with Crippen molar-refractivity contribution in [1.82, 2.24) is 0 Å². The minimum atomic E-state index is -0.308. The Hall–Kier alpha value is 0.270. The van der Waals surface area contributed by atoms with Crippen molar-refractivity contribution < 1.29 is 0 Å². The normalized spacial score (nSPS) is 12.8. The lowest BCUT2D eigenvalue weighted by Gasteiger charge is -2.11. The van der Waals surface area contributed by atoms with E-state index >= 15 is 0 Å². The van der Waals surface area contributed by atoms with Gasteiger partial charge in [-0.05, 0) is 39.0 Å². The highest BCUT2D eigenvalue weighted by Gasteiger charge is 2.19. The standard InChI is InChI=1S/C11H6BrCl3S/c12-7-3-1-2-6(9(7)14)10(15)11-8(13)4-5-16-11/h1-5,10H. The largest absolute Gasteiger partial charge is 0.145 e. The molecule has 1 aromatic heterocycles. The Morgan fingerprint density at radius 3 is 2.56 bits per heavy atom. The smallest absolute Gasteiger partial charge is 0.0957 e. The SMILES string of the molecule is Clc1ccsc1C(Cl)c1cccc(Br)c1Cl. The summed E-state index contributed by atoms with van der Waals surface area (Å²) in [6.45, 7) is 0. The van der Waals surface area contributed by atoms with Crippen molar-refractivity contribution >= 4 is 62.1 Å². The van der Waals surface area contributed by atoms with Gasteiger partial charge in [0.25, 0.3) is 0 Å². The van der Waals surface area contributed by atoms with E-state index in [2.05, 4.69) is 15.9 Å². The number of benzene rings is 1. The van der Waals surface area contributed by atoms with Gasteiger partial charge in [-0.2, -0.15) is 0 Å². The van der Waals surface area contributed by atoms with Crippen molar-refractivity contribution in [2.45, 2.75) is 5.38 Å². The van der Waals surface area contributed by atoms with Crippen LogP contribution in [0.5, 0.6) is 0 Å². The molecular formula is C11H6BrCl3S. The first-order valence-electron chi connectivity index (χ1n) is 4.42. The lowest BCUT2D eigenvalue weighted by Crippen LogP contribution is -1.92. The topological polar surface area (TPSA) is 0 Å². The van der Waals surface area contributed by atoms with Crippen LogP contribution in [0.2, 0.25) is 10.0 Å². The number of hydrogen-bond acceptors (Lipinski definition) is 1. The molecule has 2 aromatic rings. The van der Waals surface area contributed by atoms with E-state index in [1.54, 1.807) is 0 Å². The van der Waals surface area contributed by atoms with Crippen molar-refractivity contribution in [3.05, 3.63) is 54.6 Å². The van der Waals surface area contributed by atoms with E-state index in [1.807, 2.05) is 29.6 Å². The molecule has 0 aliphatic rings. The van der Waals surface area contributed by atoms with Gasteiger partial charge in [-0.25, -0.2) is 0 Å². The summed E-state index contributed by atoms with van der Waals surface area (Å²) in [5.41, 5.74) is 0.863. The maximum absolute atomic E-state index is 6.38. The number of alkyl halides is 1. The van der Waals surface area contributed by atoms with Gasteiger partial charge in [-0.15, -0.1) is 22.9 Å². The summed E-state index contributed by atoms with van der Waals surface area (Å²) in [7, 11) is 0. The zero-order valence-corrected chi connectivity index (χ0v) is 12.6. The summed E-state index contributed by atoms with van der Waals surface area (Å²) in [5, 5.41) is 2.92. The van der Waals surface area contributed by atoms with E-state index in [9.17, 15) is 0 Å². The molecule has 0 aliphatic carbocycles. The summed E-state index contributed by atoms with van der Waals surface area (Å²) in [6, 6.07) is 7.53. The van der Waals surface area contributed by atoms with Gasteiger partial charge in [0, 0.05) is 9.35 Å². The van der Waals surface area contributed by atoms with Gasteiger partial charge < -0.3 is 0 Å². The van der Waals surface area contributed by atoms with Crippen LogP contribution in [0.4, 0.5) is 0 Å². The molecule has 1 heterocycles. The first-order valence-corrected chi connectivity index (χ1v) is 7.28. The summed E-state index contributed by atoms with van der Waals surface area (Å²) in [6.07, 6.45) is 0. The Morgan fingerprint density at radius 1 is 1.19 bits per heavy atom. The van der Waals surface area contributed by atoms with Gasteiger partial charge in [0.05, 0.1) is 15.4 Å². The third-order valence-electron chi connectivity index (χ3n) is 2.13. The number of thiophene rings is 1. The van der Waals surface area contributed by atoms with Gasteiger partial charge in [0.2, 0.25) is 0 Å². The van der Waals surface area contributed by atoms with Crippen molar-refractivity contribution in [2.75, 3.05) is 0 Å². The molecule has 0 bridgehead atoms. The molecule has 0 saturated carbocycles. The molecule has 0 saturated heterocycles. The summed E-state index contributed by atoms with van der Waals surface area (Å²) < 4.78 is 0.838. The zero-order valence-electron chi connectivity index (χ0n) is 7.88. The molecule has 1 unspecified atom stereocenters. The molecule has 0 N–H and O–H groups in total. The zero-order chi connectivity index (χ0) is 11.7. The highest BCUT2D eigenvalue weighted by atomic mass is 79.9. The van der Waals surface area contributed by atoms with Gasteiger partial charge in [-0.1, -0.05) is 35.3 Å². The second-order valence-electron chi connectivity index (χ2n) is 3.14. The van der Waals surface area contributed by atoms with Gasteiger partial charge in [0.15, 0.2) is 0 Å². The number of hydrogen-bond donors (Lipinski definition) is 0. The van der Waals surface area contributed by atoms with Crippen LogP contribution < -0.4 is 0 Å². The van der Waals surface area contributed by atoms with Crippen molar-refractivity contribution in [1.29, 1.82) is 0 Å². The highest BCUT2D eigenvalue weighted by molar-refractivity contribution is 9.10. The second kappa shape index (κ2) is 5.28. The van der Waals surface area contributed by atoms with E-state index in [-0.39, 0.29) is 5.38 Å². The van der Waals surface area contributed by atoms with Crippen molar-refractivity contribution in [3.63, 3.8) is 0 Å². The Labute approximate surface area is 121 Å². The molecular weight excluding hydrogens is 350 g/mol.